The van der Waals surface area contributed by atoms with Crippen LogP contribution in [-0.4, -0.2) is 29.9 Å². The lowest BCUT2D eigenvalue weighted by atomic mass is 9.93. The van der Waals surface area contributed by atoms with Crippen LogP contribution in [0.15, 0.2) is 5.51 Å². The van der Waals surface area contributed by atoms with Gasteiger partial charge in [-0.15, -0.1) is 11.3 Å². The van der Waals surface area contributed by atoms with E-state index in [-0.39, 0.29) is 12.1 Å². The van der Waals surface area contributed by atoms with Crippen molar-refractivity contribution in [3.05, 3.63) is 16.1 Å². The molecule has 2 rings (SSSR count). The van der Waals surface area contributed by atoms with Gasteiger partial charge in [0.2, 0.25) is 0 Å². The van der Waals surface area contributed by atoms with E-state index < -0.39 is 12.8 Å². The molecule has 3 nitrogen and oxygen atoms in total. The molecule has 1 aliphatic rings. The molecule has 1 saturated carbocycles. The molecule has 0 spiro atoms. The maximum Gasteiger partial charge on any atom is 0.411 e. The van der Waals surface area contributed by atoms with Gasteiger partial charge < -0.3 is 10.1 Å². The number of rotatable bonds is 5. The van der Waals surface area contributed by atoms with E-state index in [9.17, 15) is 13.2 Å². The number of aryl methyl sites for hydroxylation is 1. The summed E-state index contributed by atoms with van der Waals surface area (Å²) in [6.45, 7) is 1.55. The minimum atomic E-state index is -4.24. The summed E-state index contributed by atoms with van der Waals surface area (Å²) in [6, 6.07) is 0.225. The number of nitrogens with zero attached hydrogens (tertiary/aromatic N) is 1. The van der Waals surface area contributed by atoms with Crippen molar-refractivity contribution < 1.29 is 17.9 Å². The SMILES string of the molecule is Cc1ncsc1CNC1CCCC(OCC(F)(F)F)C1. The second-order valence-corrected chi connectivity index (χ2v) is 6.09. The van der Waals surface area contributed by atoms with Crippen molar-refractivity contribution in [1.29, 1.82) is 0 Å². The van der Waals surface area contributed by atoms with E-state index in [1.54, 1.807) is 11.3 Å². The van der Waals surface area contributed by atoms with E-state index in [1.807, 2.05) is 12.4 Å². The monoisotopic (exact) mass is 308 g/mol. The van der Waals surface area contributed by atoms with Gasteiger partial charge in [0.15, 0.2) is 0 Å². The van der Waals surface area contributed by atoms with Crippen molar-refractivity contribution in [3.8, 4) is 0 Å². The van der Waals surface area contributed by atoms with E-state index in [0.717, 1.165) is 25.1 Å². The summed E-state index contributed by atoms with van der Waals surface area (Å²) in [4.78, 5) is 5.36. The lowest BCUT2D eigenvalue weighted by Gasteiger charge is -2.30. The Morgan fingerprint density at radius 2 is 2.25 bits per heavy atom. The second kappa shape index (κ2) is 6.87. The standard InChI is InChI=1S/C13H19F3N2OS/c1-9-12(20-8-18-9)6-17-10-3-2-4-11(5-10)19-7-13(14,15)16/h8,10-11,17H,2-7H2,1H3. The number of nitrogens with one attached hydrogen (secondary N) is 1. The molecule has 0 radical (unpaired) electrons. The van der Waals surface area contributed by atoms with E-state index in [2.05, 4.69) is 10.3 Å². The van der Waals surface area contributed by atoms with Gasteiger partial charge in [0, 0.05) is 17.5 Å². The summed E-state index contributed by atoms with van der Waals surface area (Å²) in [5.41, 5.74) is 2.82. The topological polar surface area (TPSA) is 34.2 Å². The zero-order valence-corrected chi connectivity index (χ0v) is 12.2. The van der Waals surface area contributed by atoms with Crippen LogP contribution in [0.5, 0.6) is 0 Å². The van der Waals surface area contributed by atoms with E-state index in [1.165, 1.54) is 4.88 Å². The predicted octanol–water partition coefficient (Wildman–Crippen LogP) is 3.43. The third-order valence-corrected chi connectivity index (χ3v) is 4.44. The molecular weight excluding hydrogens is 289 g/mol. The van der Waals surface area contributed by atoms with Gasteiger partial charge >= 0.3 is 6.18 Å². The van der Waals surface area contributed by atoms with Crippen LogP contribution >= 0.6 is 11.3 Å². The van der Waals surface area contributed by atoms with E-state index in [4.69, 9.17) is 4.74 Å². The first-order valence-electron chi connectivity index (χ1n) is 6.75. The number of thiazole rings is 1. The molecule has 1 N–H and O–H groups in total. The van der Waals surface area contributed by atoms with Gasteiger partial charge in [-0.2, -0.15) is 13.2 Å². The minimum Gasteiger partial charge on any atom is -0.369 e. The van der Waals surface area contributed by atoms with Crippen LogP contribution < -0.4 is 5.32 Å². The Hall–Kier alpha value is -0.660. The highest BCUT2D eigenvalue weighted by Crippen LogP contribution is 2.24. The Morgan fingerprint density at radius 3 is 2.90 bits per heavy atom. The zero-order valence-electron chi connectivity index (χ0n) is 11.4. The summed E-state index contributed by atoms with van der Waals surface area (Å²) in [7, 11) is 0. The molecule has 1 fully saturated rings. The minimum absolute atomic E-state index is 0.225. The molecule has 1 aliphatic carbocycles. The van der Waals surface area contributed by atoms with Crippen molar-refractivity contribution in [1.82, 2.24) is 10.3 Å². The van der Waals surface area contributed by atoms with E-state index in [0.29, 0.717) is 12.8 Å². The van der Waals surface area contributed by atoms with Gasteiger partial charge in [-0.3, -0.25) is 0 Å². The molecule has 0 aromatic carbocycles. The molecular formula is C13H19F3N2OS. The number of ether oxygens (including phenoxy) is 1. The van der Waals surface area contributed by atoms with Crippen molar-refractivity contribution in [2.75, 3.05) is 6.61 Å². The normalized spacial score (nSPS) is 24.0. The average Bonchev–Trinajstić information content (AvgIpc) is 2.79. The molecule has 20 heavy (non-hydrogen) atoms. The van der Waals surface area contributed by atoms with Crippen LogP contribution in [0.1, 0.15) is 36.3 Å². The molecule has 2 unspecified atom stereocenters. The van der Waals surface area contributed by atoms with E-state index >= 15 is 0 Å². The van der Waals surface area contributed by atoms with Crippen LogP contribution in [0.25, 0.3) is 0 Å². The molecule has 7 heteroatoms. The summed E-state index contributed by atoms with van der Waals surface area (Å²) >= 11 is 1.60. The molecule has 1 aromatic heterocycles. The highest BCUT2D eigenvalue weighted by molar-refractivity contribution is 7.09. The fourth-order valence-electron chi connectivity index (χ4n) is 2.43. The van der Waals surface area contributed by atoms with Crippen LogP contribution in [0, 0.1) is 6.92 Å². The first kappa shape index (κ1) is 15.7. The number of hydrogen-bond donors (Lipinski definition) is 1. The van der Waals surface area contributed by atoms with Crippen molar-refractivity contribution in [2.45, 2.75) is 57.5 Å². The predicted molar refractivity (Wildman–Crippen MR) is 71.7 cm³/mol. The Bertz CT molecular complexity index is 422. The smallest absolute Gasteiger partial charge is 0.369 e. The maximum atomic E-state index is 12.1. The molecule has 0 saturated heterocycles. The summed E-state index contributed by atoms with van der Waals surface area (Å²) < 4.78 is 41.4. The largest absolute Gasteiger partial charge is 0.411 e. The number of alkyl halides is 3. The van der Waals surface area contributed by atoms with Crippen LogP contribution in [0.4, 0.5) is 13.2 Å². The molecule has 1 heterocycles. The Morgan fingerprint density at radius 1 is 1.45 bits per heavy atom. The first-order chi connectivity index (χ1) is 9.44. The molecule has 114 valence electrons. The fraction of sp³-hybridized carbons (Fsp3) is 0.769. The van der Waals surface area contributed by atoms with Gasteiger partial charge in [-0.25, -0.2) is 4.98 Å². The van der Waals surface area contributed by atoms with Gasteiger partial charge in [-0.05, 0) is 32.6 Å². The van der Waals surface area contributed by atoms with Gasteiger partial charge in [0.1, 0.15) is 6.61 Å². The van der Waals surface area contributed by atoms with Gasteiger partial charge in [0.05, 0.1) is 17.3 Å². The van der Waals surface area contributed by atoms with Crippen LogP contribution in [0.3, 0.4) is 0 Å². The number of hydrogen-bond acceptors (Lipinski definition) is 4. The molecule has 2 atom stereocenters. The number of halogens is 3. The third kappa shape index (κ3) is 5.03. The lowest BCUT2D eigenvalue weighted by molar-refractivity contribution is -0.188. The second-order valence-electron chi connectivity index (χ2n) is 5.15. The molecule has 1 aromatic rings. The summed E-state index contributed by atoms with van der Waals surface area (Å²) in [5.74, 6) is 0. The Kier molecular flexibility index (Phi) is 5.40. The third-order valence-electron chi connectivity index (χ3n) is 3.50. The van der Waals surface area contributed by atoms with Crippen molar-refractivity contribution in [2.24, 2.45) is 0 Å². The molecule has 0 bridgehead atoms. The zero-order chi connectivity index (χ0) is 14.6. The van der Waals surface area contributed by atoms with Crippen LogP contribution in [-0.2, 0) is 11.3 Å². The molecule has 0 aliphatic heterocycles. The molecule has 0 amide bonds. The van der Waals surface area contributed by atoms with Crippen molar-refractivity contribution >= 4 is 11.3 Å². The highest BCUT2D eigenvalue weighted by atomic mass is 32.1. The quantitative estimate of drug-likeness (QED) is 0.905. The summed E-state index contributed by atoms with van der Waals surface area (Å²) in [6.07, 6.45) is -1.27. The Labute approximate surface area is 120 Å². The van der Waals surface area contributed by atoms with Gasteiger partial charge in [-0.1, -0.05) is 0 Å². The maximum absolute atomic E-state index is 12.1. The number of aromatic nitrogens is 1. The highest BCUT2D eigenvalue weighted by Gasteiger charge is 2.31. The van der Waals surface area contributed by atoms with Crippen molar-refractivity contribution in [3.63, 3.8) is 0 Å². The van der Waals surface area contributed by atoms with Gasteiger partial charge in [0.25, 0.3) is 0 Å². The first-order valence-corrected chi connectivity index (χ1v) is 7.62. The summed E-state index contributed by atoms with van der Waals surface area (Å²) in [5, 5.41) is 3.40. The van der Waals surface area contributed by atoms with Crippen LogP contribution in [0.2, 0.25) is 0 Å². The average molecular weight is 308 g/mol. The fourth-order valence-corrected chi connectivity index (χ4v) is 3.15. The lowest BCUT2D eigenvalue weighted by Crippen LogP contribution is -2.37. The Balaban J connectivity index is 1.74.